The lowest BCUT2D eigenvalue weighted by molar-refractivity contribution is -0.142. The second-order valence-electron chi connectivity index (χ2n) is 7.86. The Morgan fingerprint density at radius 3 is 2.55 bits per heavy atom. The van der Waals surface area contributed by atoms with Crippen LogP contribution < -0.4 is 0 Å². The Bertz CT molecular complexity index is 373. The van der Waals surface area contributed by atoms with Crippen molar-refractivity contribution in [3.63, 3.8) is 0 Å². The summed E-state index contributed by atoms with van der Waals surface area (Å²) in [6, 6.07) is 0. The second-order valence-corrected chi connectivity index (χ2v) is 7.86. The van der Waals surface area contributed by atoms with E-state index in [-0.39, 0.29) is 11.5 Å². The number of nitrogens with zero attached hydrogens (tertiary/aromatic N) is 1. The summed E-state index contributed by atoms with van der Waals surface area (Å²) in [5.41, 5.74) is -0.0717. The van der Waals surface area contributed by atoms with E-state index in [1.54, 1.807) is 0 Å². The van der Waals surface area contributed by atoms with E-state index in [1.807, 2.05) is 0 Å². The molecule has 20 heavy (non-hydrogen) atoms. The Morgan fingerprint density at radius 1 is 1.25 bits per heavy atom. The first-order valence-electron chi connectivity index (χ1n) is 8.49. The molecule has 3 heteroatoms. The average Bonchev–Trinajstić information content (AvgIpc) is 3.06. The number of fused-ring (bicyclic) bond motifs is 1. The number of hydrogen-bond donors (Lipinski definition) is 1. The van der Waals surface area contributed by atoms with Crippen molar-refractivity contribution in [1.29, 1.82) is 0 Å². The van der Waals surface area contributed by atoms with Gasteiger partial charge in [-0.15, -0.1) is 0 Å². The molecule has 3 fully saturated rings. The van der Waals surface area contributed by atoms with Gasteiger partial charge >= 0.3 is 0 Å². The molecule has 114 valence electrons. The summed E-state index contributed by atoms with van der Waals surface area (Å²) in [5.74, 6) is 1.91. The highest BCUT2D eigenvalue weighted by Gasteiger charge is 2.49. The molecule has 3 aliphatic rings. The zero-order chi connectivity index (χ0) is 14.3. The highest BCUT2D eigenvalue weighted by atomic mass is 16.3. The van der Waals surface area contributed by atoms with Crippen LogP contribution in [0.15, 0.2) is 0 Å². The number of carbonyl (C=O) groups is 1. The van der Waals surface area contributed by atoms with Crippen LogP contribution in [0.4, 0.5) is 0 Å². The van der Waals surface area contributed by atoms with Gasteiger partial charge in [0.15, 0.2) is 0 Å². The van der Waals surface area contributed by atoms with Crippen LogP contribution in [0.5, 0.6) is 0 Å². The normalized spacial score (nSPS) is 35.8. The van der Waals surface area contributed by atoms with Crippen LogP contribution in [-0.4, -0.2) is 35.1 Å². The predicted octanol–water partition coefficient (Wildman–Crippen LogP) is 2.82. The Labute approximate surface area is 122 Å². The smallest absolute Gasteiger partial charge is 0.228 e. The van der Waals surface area contributed by atoms with E-state index in [9.17, 15) is 9.90 Å². The van der Waals surface area contributed by atoms with Crippen LogP contribution in [0.1, 0.15) is 58.8 Å². The molecule has 3 rings (SSSR count). The van der Waals surface area contributed by atoms with Crippen molar-refractivity contribution < 1.29 is 9.90 Å². The number of likely N-dealkylation sites (tertiary alicyclic amines) is 1. The van der Waals surface area contributed by atoms with Crippen molar-refractivity contribution in [3.8, 4) is 0 Å². The molecule has 3 unspecified atom stereocenters. The quantitative estimate of drug-likeness (QED) is 0.863. The molecule has 0 aromatic carbocycles. The molecule has 0 radical (unpaired) electrons. The lowest BCUT2D eigenvalue weighted by Crippen LogP contribution is -2.43. The molecule has 1 N–H and O–H groups in total. The molecule has 1 amide bonds. The first-order chi connectivity index (χ1) is 9.52. The SMILES string of the molecule is CC(C)CC1(C(=O)N2CC3CCC(O)C3C2)CCCC1. The fraction of sp³-hybridized carbons (Fsp3) is 0.941. The zero-order valence-electron chi connectivity index (χ0n) is 13.0. The van der Waals surface area contributed by atoms with Gasteiger partial charge in [-0.25, -0.2) is 0 Å². The minimum absolute atomic E-state index is 0.0717. The minimum atomic E-state index is -0.164. The zero-order valence-corrected chi connectivity index (χ0v) is 13.0. The molecule has 3 atom stereocenters. The van der Waals surface area contributed by atoms with Crippen molar-refractivity contribution in [3.05, 3.63) is 0 Å². The van der Waals surface area contributed by atoms with Crippen molar-refractivity contribution in [1.82, 2.24) is 4.90 Å². The summed E-state index contributed by atoms with van der Waals surface area (Å²) >= 11 is 0. The molecule has 0 spiro atoms. The molecule has 2 saturated carbocycles. The molecule has 2 aliphatic carbocycles. The van der Waals surface area contributed by atoms with E-state index < -0.39 is 0 Å². The van der Waals surface area contributed by atoms with E-state index >= 15 is 0 Å². The maximum atomic E-state index is 13.1. The summed E-state index contributed by atoms with van der Waals surface area (Å²) in [6.07, 6.45) is 7.50. The Hall–Kier alpha value is -0.570. The molecule has 0 aromatic rings. The monoisotopic (exact) mass is 279 g/mol. The maximum absolute atomic E-state index is 13.1. The Morgan fingerprint density at radius 2 is 1.95 bits per heavy atom. The van der Waals surface area contributed by atoms with Crippen LogP contribution in [0, 0.1) is 23.2 Å². The van der Waals surface area contributed by atoms with Gasteiger partial charge in [0.05, 0.1) is 6.10 Å². The highest BCUT2D eigenvalue weighted by molar-refractivity contribution is 5.83. The summed E-state index contributed by atoms with van der Waals surface area (Å²) in [5, 5.41) is 10.0. The topological polar surface area (TPSA) is 40.5 Å². The number of rotatable bonds is 3. The van der Waals surface area contributed by atoms with Gasteiger partial charge in [0.2, 0.25) is 5.91 Å². The fourth-order valence-electron chi connectivity index (χ4n) is 5.08. The summed E-state index contributed by atoms with van der Waals surface area (Å²) in [7, 11) is 0. The van der Waals surface area contributed by atoms with Crippen molar-refractivity contribution in [2.24, 2.45) is 23.2 Å². The van der Waals surface area contributed by atoms with Crippen LogP contribution in [0.3, 0.4) is 0 Å². The van der Waals surface area contributed by atoms with Gasteiger partial charge < -0.3 is 10.0 Å². The molecule has 1 heterocycles. The van der Waals surface area contributed by atoms with Crippen LogP contribution in [0.2, 0.25) is 0 Å². The lowest BCUT2D eigenvalue weighted by atomic mass is 9.77. The summed E-state index contributed by atoms with van der Waals surface area (Å²) in [4.78, 5) is 15.2. The van der Waals surface area contributed by atoms with Crippen LogP contribution in [0.25, 0.3) is 0 Å². The van der Waals surface area contributed by atoms with Crippen molar-refractivity contribution in [2.75, 3.05) is 13.1 Å². The number of carbonyl (C=O) groups excluding carboxylic acids is 1. The third kappa shape index (κ3) is 2.38. The van der Waals surface area contributed by atoms with Gasteiger partial charge in [0.1, 0.15) is 0 Å². The average molecular weight is 279 g/mol. The molecule has 0 aromatic heterocycles. The predicted molar refractivity (Wildman–Crippen MR) is 79.2 cm³/mol. The van der Waals surface area contributed by atoms with Crippen LogP contribution in [-0.2, 0) is 4.79 Å². The van der Waals surface area contributed by atoms with Gasteiger partial charge in [-0.1, -0.05) is 26.7 Å². The van der Waals surface area contributed by atoms with E-state index in [0.717, 1.165) is 45.2 Å². The van der Waals surface area contributed by atoms with Gasteiger partial charge in [0.25, 0.3) is 0 Å². The molecule has 3 nitrogen and oxygen atoms in total. The lowest BCUT2D eigenvalue weighted by Gasteiger charge is -2.34. The van der Waals surface area contributed by atoms with E-state index in [0.29, 0.717) is 23.7 Å². The maximum Gasteiger partial charge on any atom is 0.228 e. The first-order valence-corrected chi connectivity index (χ1v) is 8.49. The molecular weight excluding hydrogens is 250 g/mol. The Balaban J connectivity index is 1.71. The standard InChI is InChI=1S/C17H29NO2/c1-12(2)9-17(7-3-4-8-17)16(20)18-10-13-5-6-15(19)14(13)11-18/h12-15,19H,3-11H2,1-2H3. The van der Waals surface area contributed by atoms with Gasteiger partial charge in [-0.05, 0) is 43.9 Å². The minimum Gasteiger partial charge on any atom is -0.393 e. The van der Waals surface area contributed by atoms with Gasteiger partial charge in [-0.2, -0.15) is 0 Å². The molecule has 0 bridgehead atoms. The largest absolute Gasteiger partial charge is 0.393 e. The summed E-state index contributed by atoms with van der Waals surface area (Å²) < 4.78 is 0. The van der Waals surface area contributed by atoms with E-state index in [4.69, 9.17) is 0 Å². The Kier molecular flexibility index (Phi) is 3.83. The van der Waals surface area contributed by atoms with Crippen molar-refractivity contribution >= 4 is 5.91 Å². The van der Waals surface area contributed by atoms with Gasteiger partial charge in [0, 0.05) is 24.4 Å². The van der Waals surface area contributed by atoms with Gasteiger partial charge in [-0.3, -0.25) is 4.79 Å². The van der Waals surface area contributed by atoms with E-state index in [2.05, 4.69) is 18.7 Å². The number of amides is 1. The third-order valence-electron chi connectivity index (χ3n) is 5.92. The highest BCUT2D eigenvalue weighted by Crippen LogP contribution is 2.47. The number of aliphatic hydroxyl groups excluding tert-OH is 1. The molecule has 1 saturated heterocycles. The van der Waals surface area contributed by atoms with Crippen molar-refractivity contribution in [2.45, 2.75) is 64.9 Å². The second kappa shape index (κ2) is 5.32. The fourth-order valence-corrected chi connectivity index (χ4v) is 5.08. The third-order valence-corrected chi connectivity index (χ3v) is 5.92. The van der Waals surface area contributed by atoms with E-state index in [1.165, 1.54) is 12.8 Å². The molecular formula is C17H29NO2. The summed E-state index contributed by atoms with van der Waals surface area (Å²) in [6.45, 7) is 6.18. The first kappa shape index (κ1) is 14.4. The number of hydrogen-bond acceptors (Lipinski definition) is 2. The number of aliphatic hydroxyl groups is 1. The van der Waals surface area contributed by atoms with Crippen LogP contribution >= 0.6 is 0 Å². The molecule has 1 aliphatic heterocycles.